The van der Waals surface area contributed by atoms with Crippen LogP contribution < -0.4 is 0 Å². The Kier molecular flexibility index (Phi) is 3.24. The first-order chi connectivity index (χ1) is 5.65. The average Bonchev–Trinajstić information content (AvgIpc) is 1.96. The molecule has 0 atom stereocenters. The van der Waals surface area contributed by atoms with Crippen LogP contribution in [0.3, 0.4) is 0 Å². The van der Waals surface area contributed by atoms with E-state index in [0.29, 0.717) is 10.0 Å². The maximum Gasteiger partial charge on any atom is 0.118 e. The van der Waals surface area contributed by atoms with Crippen molar-refractivity contribution in [3.63, 3.8) is 0 Å². The number of benzene rings is 1. The van der Waals surface area contributed by atoms with Gasteiger partial charge in [0.15, 0.2) is 0 Å². The third-order valence-corrected chi connectivity index (χ3v) is 2.30. The van der Waals surface area contributed by atoms with E-state index in [-0.39, 0.29) is 5.75 Å². The zero-order valence-electron chi connectivity index (χ0n) is 6.77. The fourth-order valence-electron chi connectivity index (χ4n) is 1.08. The van der Waals surface area contributed by atoms with Crippen molar-refractivity contribution in [3.05, 3.63) is 27.7 Å². The molecule has 66 valence electrons. The number of hydrogen-bond acceptors (Lipinski definition) is 1. The van der Waals surface area contributed by atoms with Crippen LogP contribution in [-0.4, -0.2) is 5.11 Å². The summed E-state index contributed by atoms with van der Waals surface area (Å²) in [6, 6.07) is 3.02. The topological polar surface area (TPSA) is 20.2 Å². The summed E-state index contributed by atoms with van der Waals surface area (Å²) in [4.78, 5) is 0. The minimum absolute atomic E-state index is 0.116. The lowest BCUT2D eigenvalue weighted by molar-refractivity contribution is 0.475. The minimum Gasteiger partial charge on any atom is -0.508 e. The number of hydrogen-bond donors (Lipinski definition) is 1. The van der Waals surface area contributed by atoms with E-state index in [1.807, 2.05) is 0 Å². The van der Waals surface area contributed by atoms with Gasteiger partial charge in [0.25, 0.3) is 0 Å². The van der Waals surface area contributed by atoms with Crippen LogP contribution in [-0.2, 0) is 6.42 Å². The van der Waals surface area contributed by atoms with Gasteiger partial charge in [-0.15, -0.1) is 0 Å². The van der Waals surface area contributed by atoms with Gasteiger partial charge in [0.05, 0.1) is 0 Å². The van der Waals surface area contributed by atoms with E-state index in [9.17, 15) is 0 Å². The van der Waals surface area contributed by atoms with Crippen molar-refractivity contribution in [2.75, 3.05) is 0 Å². The minimum atomic E-state index is 0.116. The lowest BCUT2D eigenvalue weighted by Crippen LogP contribution is -1.86. The molecule has 1 N–H and O–H groups in total. The molecule has 0 fully saturated rings. The van der Waals surface area contributed by atoms with Crippen molar-refractivity contribution < 1.29 is 5.11 Å². The molecule has 0 bridgehead atoms. The van der Waals surface area contributed by atoms with Crippen molar-refractivity contribution in [1.82, 2.24) is 0 Å². The molecule has 1 aromatic carbocycles. The van der Waals surface area contributed by atoms with E-state index in [0.717, 1.165) is 18.4 Å². The van der Waals surface area contributed by atoms with Crippen molar-refractivity contribution in [3.8, 4) is 5.75 Å². The summed E-state index contributed by atoms with van der Waals surface area (Å²) in [6.07, 6.45) is 1.84. The predicted octanol–water partition coefficient (Wildman–Crippen LogP) is 3.65. The molecule has 0 saturated heterocycles. The zero-order chi connectivity index (χ0) is 9.14. The van der Waals surface area contributed by atoms with Gasteiger partial charge in [0.1, 0.15) is 5.75 Å². The summed E-state index contributed by atoms with van der Waals surface area (Å²) in [5.41, 5.74) is 0.915. The second-order valence-electron chi connectivity index (χ2n) is 2.64. The standard InChI is InChI=1S/C9H10Cl2O/c1-2-3-7-8(10)4-6(12)5-9(7)11/h4-5,12H,2-3H2,1H3. The van der Waals surface area contributed by atoms with Crippen molar-refractivity contribution in [1.29, 1.82) is 0 Å². The lowest BCUT2D eigenvalue weighted by Gasteiger charge is -2.05. The molecule has 1 aromatic rings. The number of halogens is 2. The first-order valence-electron chi connectivity index (χ1n) is 3.82. The van der Waals surface area contributed by atoms with Crippen molar-refractivity contribution in [2.45, 2.75) is 19.8 Å². The lowest BCUT2D eigenvalue weighted by atomic mass is 10.1. The largest absolute Gasteiger partial charge is 0.508 e. The second-order valence-corrected chi connectivity index (χ2v) is 3.45. The van der Waals surface area contributed by atoms with Crippen LogP contribution in [0.2, 0.25) is 10.0 Å². The zero-order valence-corrected chi connectivity index (χ0v) is 8.28. The van der Waals surface area contributed by atoms with Gasteiger partial charge in [-0.3, -0.25) is 0 Å². The second kappa shape index (κ2) is 4.01. The van der Waals surface area contributed by atoms with Gasteiger partial charge in [0.2, 0.25) is 0 Å². The van der Waals surface area contributed by atoms with Gasteiger partial charge in [0, 0.05) is 10.0 Å². The Hall–Kier alpha value is -0.400. The maximum absolute atomic E-state index is 9.12. The summed E-state index contributed by atoms with van der Waals surface area (Å²) < 4.78 is 0. The molecule has 0 amide bonds. The van der Waals surface area contributed by atoms with Gasteiger partial charge in [-0.1, -0.05) is 36.5 Å². The number of aromatic hydroxyl groups is 1. The van der Waals surface area contributed by atoms with E-state index < -0.39 is 0 Å². The highest BCUT2D eigenvalue weighted by Gasteiger charge is 2.06. The SMILES string of the molecule is CCCc1c(Cl)cc(O)cc1Cl. The molecule has 0 aliphatic rings. The van der Waals surface area contributed by atoms with Crippen LogP contribution in [0, 0.1) is 0 Å². The summed E-state index contributed by atoms with van der Waals surface area (Å²) in [5, 5.41) is 10.2. The highest BCUT2D eigenvalue weighted by molar-refractivity contribution is 6.36. The smallest absolute Gasteiger partial charge is 0.118 e. The molecule has 1 rings (SSSR count). The van der Waals surface area contributed by atoms with Gasteiger partial charge in [-0.2, -0.15) is 0 Å². The molecule has 0 radical (unpaired) electrons. The normalized spacial score (nSPS) is 10.2. The first kappa shape index (κ1) is 9.69. The summed E-state index contributed by atoms with van der Waals surface area (Å²) in [5.74, 6) is 0.116. The molecule has 1 nitrogen and oxygen atoms in total. The fraction of sp³-hybridized carbons (Fsp3) is 0.333. The average molecular weight is 205 g/mol. The Bertz CT molecular complexity index is 261. The van der Waals surface area contributed by atoms with Crippen LogP contribution in [0.4, 0.5) is 0 Å². The van der Waals surface area contributed by atoms with Gasteiger partial charge < -0.3 is 5.11 Å². The van der Waals surface area contributed by atoms with Gasteiger partial charge in [-0.05, 0) is 24.1 Å². The molecule has 3 heteroatoms. The number of rotatable bonds is 2. The summed E-state index contributed by atoms with van der Waals surface area (Å²) in [7, 11) is 0. The Morgan fingerprint density at radius 2 is 1.75 bits per heavy atom. The Morgan fingerprint density at radius 3 is 2.17 bits per heavy atom. The Balaban J connectivity index is 3.10. The van der Waals surface area contributed by atoms with Gasteiger partial charge in [-0.25, -0.2) is 0 Å². The van der Waals surface area contributed by atoms with Crippen LogP contribution in [0.25, 0.3) is 0 Å². The van der Waals surface area contributed by atoms with E-state index in [1.54, 1.807) is 0 Å². The number of phenols is 1. The molecule has 0 heterocycles. The molecule has 12 heavy (non-hydrogen) atoms. The molecular weight excluding hydrogens is 195 g/mol. The van der Waals surface area contributed by atoms with Crippen molar-refractivity contribution >= 4 is 23.2 Å². The Morgan fingerprint density at radius 1 is 1.25 bits per heavy atom. The predicted molar refractivity (Wildman–Crippen MR) is 52.1 cm³/mol. The molecule has 0 aliphatic carbocycles. The van der Waals surface area contributed by atoms with E-state index in [2.05, 4.69) is 6.92 Å². The van der Waals surface area contributed by atoms with Crippen LogP contribution >= 0.6 is 23.2 Å². The van der Waals surface area contributed by atoms with Crippen LogP contribution in [0.5, 0.6) is 5.75 Å². The molecule has 0 saturated carbocycles. The summed E-state index contributed by atoms with van der Waals surface area (Å²) >= 11 is 11.7. The highest BCUT2D eigenvalue weighted by atomic mass is 35.5. The molecule has 0 unspecified atom stereocenters. The molecular formula is C9H10Cl2O. The van der Waals surface area contributed by atoms with E-state index >= 15 is 0 Å². The fourth-order valence-corrected chi connectivity index (χ4v) is 1.74. The first-order valence-corrected chi connectivity index (χ1v) is 4.57. The summed E-state index contributed by atoms with van der Waals surface area (Å²) in [6.45, 7) is 2.06. The molecule has 0 aromatic heterocycles. The molecule has 0 spiro atoms. The third-order valence-electron chi connectivity index (χ3n) is 1.63. The van der Waals surface area contributed by atoms with E-state index in [1.165, 1.54) is 12.1 Å². The number of phenolic OH excluding ortho intramolecular Hbond substituents is 1. The Labute approximate surface area is 81.9 Å². The quantitative estimate of drug-likeness (QED) is 0.781. The van der Waals surface area contributed by atoms with E-state index in [4.69, 9.17) is 28.3 Å². The van der Waals surface area contributed by atoms with Crippen molar-refractivity contribution in [2.24, 2.45) is 0 Å². The monoisotopic (exact) mass is 204 g/mol. The van der Waals surface area contributed by atoms with Crippen LogP contribution in [0.15, 0.2) is 12.1 Å². The maximum atomic E-state index is 9.12. The van der Waals surface area contributed by atoms with Gasteiger partial charge >= 0.3 is 0 Å². The third kappa shape index (κ3) is 2.05. The highest BCUT2D eigenvalue weighted by Crippen LogP contribution is 2.30. The van der Waals surface area contributed by atoms with Crippen LogP contribution in [0.1, 0.15) is 18.9 Å². The molecule has 0 aliphatic heterocycles.